The van der Waals surface area contributed by atoms with Gasteiger partial charge in [-0.05, 0) is 0 Å². The average Bonchev–Trinajstić information content (AvgIpc) is 3.06. The van der Waals surface area contributed by atoms with E-state index in [-0.39, 0.29) is 13.0 Å². The van der Waals surface area contributed by atoms with Crippen LogP contribution < -0.4 is 19.1 Å². The van der Waals surface area contributed by atoms with Crippen molar-refractivity contribution < 1.29 is 37.0 Å². The zero-order chi connectivity index (χ0) is 21.8. The summed E-state index contributed by atoms with van der Waals surface area (Å²) in [7, 11) is 4.25. The summed E-state index contributed by atoms with van der Waals surface area (Å²) in [5.74, 6) is 0.802. The normalized spacial score (nSPS) is 16.4. The molecule has 0 aromatic heterocycles. The maximum atomic E-state index is 12.8. The fourth-order valence-electron chi connectivity index (χ4n) is 3.14. The van der Waals surface area contributed by atoms with E-state index in [1.165, 1.54) is 38.4 Å². The lowest BCUT2D eigenvalue weighted by molar-refractivity contribution is -0.162. The van der Waals surface area contributed by atoms with Gasteiger partial charge in [0.25, 0.3) is 0 Å². The predicted molar refractivity (Wildman–Crippen MR) is 98.0 cm³/mol. The maximum absolute atomic E-state index is 12.8. The van der Waals surface area contributed by atoms with Crippen molar-refractivity contribution in [3.8, 4) is 29.6 Å². The number of alkyl halides is 3. The van der Waals surface area contributed by atoms with E-state index in [0.29, 0.717) is 27.8 Å². The van der Waals surface area contributed by atoms with Gasteiger partial charge in [0.2, 0.25) is 17.6 Å². The van der Waals surface area contributed by atoms with Gasteiger partial charge in [0.15, 0.2) is 11.5 Å². The van der Waals surface area contributed by atoms with Gasteiger partial charge in [-0.2, -0.15) is 13.2 Å². The van der Waals surface area contributed by atoms with E-state index < -0.39 is 37.0 Å². The van der Waals surface area contributed by atoms with Crippen molar-refractivity contribution in [2.24, 2.45) is 5.92 Å². The summed E-state index contributed by atoms with van der Waals surface area (Å²) in [4.78, 5) is 26.9. The van der Waals surface area contributed by atoms with E-state index in [0.717, 1.165) is 0 Å². The van der Waals surface area contributed by atoms with Crippen LogP contribution in [0.15, 0.2) is 12.1 Å². The molecule has 0 aliphatic carbocycles. The van der Waals surface area contributed by atoms with Gasteiger partial charge in [0.05, 0.1) is 39.5 Å². The number of halogens is 3. The molecule has 1 heterocycles. The molecule has 0 unspecified atom stereocenters. The summed E-state index contributed by atoms with van der Waals surface area (Å²) in [5.41, 5.74) is 0.374. The maximum Gasteiger partial charge on any atom is 0.406 e. The lowest BCUT2D eigenvalue weighted by Crippen LogP contribution is -2.43. The Balaban J connectivity index is 2.28. The molecule has 2 amide bonds. The molecule has 158 valence electrons. The summed E-state index contributed by atoms with van der Waals surface area (Å²) < 4.78 is 54.0. The molecule has 0 N–H and O–H groups in total. The Morgan fingerprint density at radius 2 is 1.83 bits per heavy atom. The van der Waals surface area contributed by atoms with Crippen LogP contribution in [0.1, 0.15) is 6.42 Å². The summed E-state index contributed by atoms with van der Waals surface area (Å²) >= 11 is 0. The summed E-state index contributed by atoms with van der Waals surface area (Å²) in [6.07, 6.45) is 0.274. The first-order chi connectivity index (χ1) is 13.6. The van der Waals surface area contributed by atoms with E-state index in [1.807, 2.05) is 0 Å². The third kappa shape index (κ3) is 5.04. The third-order valence-corrected chi connectivity index (χ3v) is 4.40. The molecular weight excluding hydrogens is 393 g/mol. The second-order valence-electron chi connectivity index (χ2n) is 6.30. The predicted octanol–water partition coefficient (Wildman–Crippen LogP) is 2.09. The second-order valence-corrected chi connectivity index (χ2v) is 6.30. The molecule has 10 heteroatoms. The number of nitrogens with zero attached hydrogens (tertiary/aromatic N) is 2. The first-order valence-corrected chi connectivity index (χ1v) is 8.54. The van der Waals surface area contributed by atoms with Crippen LogP contribution in [0.25, 0.3) is 0 Å². The number of carbonyl (C=O) groups is 2. The van der Waals surface area contributed by atoms with E-state index in [1.54, 1.807) is 0 Å². The van der Waals surface area contributed by atoms with Crippen molar-refractivity contribution in [2.45, 2.75) is 12.6 Å². The molecule has 1 fully saturated rings. The number of rotatable bonds is 7. The minimum absolute atomic E-state index is 0.0881. The lowest BCUT2D eigenvalue weighted by atomic mass is 10.1. The summed E-state index contributed by atoms with van der Waals surface area (Å²) in [6.45, 7) is -2.05. The van der Waals surface area contributed by atoms with Crippen molar-refractivity contribution in [3.05, 3.63) is 12.1 Å². The molecule has 1 aromatic carbocycles. The summed E-state index contributed by atoms with van der Waals surface area (Å²) in [6, 6.07) is 3.06. The number of carbonyl (C=O) groups excluding carboxylic acids is 2. The Hall–Kier alpha value is -3.09. The van der Waals surface area contributed by atoms with Gasteiger partial charge in [-0.15, -0.1) is 6.42 Å². The molecule has 1 atom stereocenters. The number of methoxy groups -OCH3 is 3. The molecule has 1 saturated heterocycles. The first-order valence-electron chi connectivity index (χ1n) is 8.54. The van der Waals surface area contributed by atoms with E-state index in [2.05, 4.69) is 5.92 Å². The molecular formula is C19H21F3N2O5. The van der Waals surface area contributed by atoms with Crippen LogP contribution in [0, 0.1) is 18.3 Å². The molecule has 0 saturated carbocycles. The minimum atomic E-state index is -4.59. The van der Waals surface area contributed by atoms with Crippen LogP contribution in [0.2, 0.25) is 0 Å². The molecule has 2 rings (SSSR count). The van der Waals surface area contributed by atoms with Gasteiger partial charge in [-0.3, -0.25) is 9.59 Å². The van der Waals surface area contributed by atoms with Crippen molar-refractivity contribution >= 4 is 17.5 Å². The Morgan fingerprint density at radius 1 is 1.24 bits per heavy atom. The Kier molecular flexibility index (Phi) is 6.84. The molecule has 1 aliphatic rings. The first kappa shape index (κ1) is 22.2. The molecule has 1 aliphatic heterocycles. The highest BCUT2D eigenvalue weighted by molar-refractivity contribution is 6.00. The SMILES string of the molecule is C#CCN(CC(F)(F)F)C(=O)[C@H]1CC(=O)N(c2cc(OC)c(OC)c(OC)c2)C1. The number of benzene rings is 1. The van der Waals surface area contributed by atoms with Crippen molar-refractivity contribution in [3.63, 3.8) is 0 Å². The molecule has 0 radical (unpaired) electrons. The number of hydrogen-bond acceptors (Lipinski definition) is 5. The molecule has 0 bridgehead atoms. The fourth-order valence-corrected chi connectivity index (χ4v) is 3.14. The van der Waals surface area contributed by atoms with Crippen molar-refractivity contribution in [1.29, 1.82) is 0 Å². The Morgan fingerprint density at radius 3 is 2.28 bits per heavy atom. The third-order valence-electron chi connectivity index (χ3n) is 4.40. The molecule has 7 nitrogen and oxygen atoms in total. The van der Waals surface area contributed by atoms with Crippen LogP contribution in [-0.4, -0.2) is 63.9 Å². The van der Waals surface area contributed by atoms with Crippen molar-refractivity contribution in [1.82, 2.24) is 4.90 Å². The number of anilines is 1. The fraction of sp³-hybridized carbons (Fsp3) is 0.474. The van der Waals surface area contributed by atoms with Crippen LogP contribution in [0.4, 0.5) is 18.9 Å². The van der Waals surface area contributed by atoms with Crippen LogP contribution >= 0.6 is 0 Å². The average molecular weight is 414 g/mol. The van der Waals surface area contributed by atoms with Crippen LogP contribution in [0.3, 0.4) is 0 Å². The minimum Gasteiger partial charge on any atom is -0.493 e. The van der Waals surface area contributed by atoms with Crippen molar-refractivity contribution in [2.75, 3.05) is 45.9 Å². The van der Waals surface area contributed by atoms with Gasteiger partial charge >= 0.3 is 6.18 Å². The van der Waals surface area contributed by atoms with Gasteiger partial charge in [-0.25, -0.2) is 0 Å². The van der Waals surface area contributed by atoms with E-state index in [4.69, 9.17) is 20.6 Å². The highest BCUT2D eigenvalue weighted by Gasteiger charge is 2.40. The van der Waals surface area contributed by atoms with Gasteiger partial charge in [0.1, 0.15) is 6.54 Å². The van der Waals surface area contributed by atoms with Crippen LogP contribution in [-0.2, 0) is 9.59 Å². The zero-order valence-corrected chi connectivity index (χ0v) is 16.2. The smallest absolute Gasteiger partial charge is 0.406 e. The Bertz CT molecular complexity index is 794. The molecule has 0 spiro atoms. The van der Waals surface area contributed by atoms with Gasteiger partial charge in [-0.1, -0.05) is 5.92 Å². The topological polar surface area (TPSA) is 68.3 Å². The quantitative estimate of drug-likeness (QED) is 0.640. The zero-order valence-electron chi connectivity index (χ0n) is 16.2. The second kappa shape index (κ2) is 8.94. The molecule has 1 aromatic rings. The van der Waals surface area contributed by atoms with E-state index in [9.17, 15) is 22.8 Å². The summed E-state index contributed by atoms with van der Waals surface area (Å²) in [5, 5.41) is 0. The number of hydrogen-bond donors (Lipinski definition) is 0. The standard InChI is InChI=1S/C19H21F3N2O5/c1-5-6-23(11-19(20,21)22)18(26)12-7-16(25)24(10-12)13-8-14(27-2)17(29-4)15(9-13)28-3/h1,8-9,12H,6-7,10-11H2,2-4H3/t12-/m0/s1. The highest BCUT2D eigenvalue weighted by atomic mass is 19.4. The van der Waals surface area contributed by atoms with Gasteiger partial charge in [0, 0.05) is 25.1 Å². The Labute approximate surface area is 166 Å². The number of ether oxygens (including phenoxy) is 3. The van der Waals surface area contributed by atoms with Gasteiger partial charge < -0.3 is 24.0 Å². The lowest BCUT2D eigenvalue weighted by Gasteiger charge is -2.25. The highest BCUT2D eigenvalue weighted by Crippen LogP contribution is 2.42. The number of amides is 2. The monoisotopic (exact) mass is 414 g/mol. The van der Waals surface area contributed by atoms with E-state index >= 15 is 0 Å². The largest absolute Gasteiger partial charge is 0.493 e. The molecule has 29 heavy (non-hydrogen) atoms. The number of terminal acetylenes is 1. The van der Waals surface area contributed by atoms with Crippen LogP contribution in [0.5, 0.6) is 17.2 Å².